The minimum Gasteiger partial charge on any atom is -0.360 e. The van der Waals surface area contributed by atoms with E-state index in [2.05, 4.69) is 51.7 Å². The highest BCUT2D eigenvalue weighted by Gasteiger charge is 2.49. The second kappa shape index (κ2) is 5.39. The SMILES string of the molecule is C=C(CN1CCCCC1)C1(c2ccc(Br)cc2)CO1. The zero-order chi connectivity index (χ0) is 13.3. The van der Waals surface area contributed by atoms with Gasteiger partial charge in [0.15, 0.2) is 0 Å². The van der Waals surface area contributed by atoms with Gasteiger partial charge in [-0.05, 0) is 49.2 Å². The Morgan fingerprint density at radius 3 is 2.42 bits per heavy atom. The first kappa shape index (κ1) is 13.3. The van der Waals surface area contributed by atoms with Crippen molar-refractivity contribution in [1.82, 2.24) is 4.90 Å². The molecule has 1 unspecified atom stereocenters. The molecular formula is C16H20BrNO. The van der Waals surface area contributed by atoms with E-state index >= 15 is 0 Å². The van der Waals surface area contributed by atoms with E-state index in [9.17, 15) is 0 Å². The van der Waals surface area contributed by atoms with Crippen molar-refractivity contribution in [2.75, 3.05) is 26.2 Å². The summed E-state index contributed by atoms with van der Waals surface area (Å²) in [4.78, 5) is 2.51. The highest BCUT2D eigenvalue weighted by Crippen LogP contribution is 2.45. The Hall–Kier alpha value is -0.640. The third kappa shape index (κ3) is 2.78. The summed E-state index contributed by atoms with van der Waals surface area (Å²) in [5.41, 5.74) is 2.23. The average molecular weight is 322 g/mol. The molecule has 2 aliphatic rings. The largest absolute Gasteiger partial charge is 0.360 e. The van der Waals surface area contributed by atoms with Crippen molar-refractivity contribution in [1.29, 1.82) is 0 Å². The monoisotopic (exact) mass is 321 g/mol. The zero-order valence-corrected chi connectivity index (χ0v) is 12.8. The van der Waals surface area contributed by atoms with E-state index in [4.69, 9.17) is 4.74 Å². The van der Waals surface area contributed by atoms with Crippen molar-refractivity contribution in [3.05, 3.63) is 46.5 Å². The quantitative estimate of drug-likeness (QED) is 0.620. The van der Waals surface area contributed by atoms with Crippen LogP contribution in [0.1, 0.15) is 24.8 Å². The number of benzene rings is 1. The molecule has 2 fully saturated rings. The summed E-state index contributed by atoms with van der Waals surface area (Å²) < 4.78 is 6.89. The predicted molar refractivity (Wildman–Crippen MR) is 81.2 cm³/mol. The fraction of sp³-hybridized carbons (Fsp3) is 0.500. The van der Waals surface area contributed by atoms with Crippen LogP contribution in [0.2, 0.25) is 0 Å². The van der Waals surface area contributed by atoms with Gasteiger partial charge in [-0.25, -0.2) is 0 Å². The van der Waals surface area contributed by atoms with Crippen LogP contribution in [-0.4, -0.2) is 31.1 Å². The van der Waals surface area contributed by atoms with Crippen LogP contribution in [0.4, 0.5) is 0 Å². The molecule has 1 atom stereocenters. The Labute approximate surface area is 123 Å². The van der Waals surface area contributed by atoms with E-state index in [0.717, 1.165) is 17.6 Å². The van der Waals surface area contributed by atoms with Crippen LogP contribution in [-0.2, 0) is 10.3 Å². The van der Waals surface area contributed by atoms with Gasteiger partial charge < -0.3 is 4.74 Å². The molecule has 0 N–H and O–H groups in total. The average Bonchev–Trinajstić information content (AvgIpc) is 3.22. The summed E-state index contributed by atoms with van der Waals surface area (Å²) >= 11 is 3.48. The third-order valence-electron chi connectivity index (χ3n) is 4.18. The molecular weight excluding hydrogens is 302 g/mol. The maximum Gasteiger partial charge on any atom is 0.139 e. The lowest BCUT2D eigenvalue weighted by Crippen LogP contribution is -2.34. The molecule has 0 amide bonds. The van der Waals surface area contributed by atoms with E-state index in [0.29, 0.717) is 0 Å². The topological polar surface area (TPSA) is 15.8 Å². The molecule has 0 radical (unpaired) electrons. The van der Waals surface area contributed by atoms with E-state index in [1.807, 2.05) is 0 Å². The van der Waals surface area contributed by atoms with Gasteiger partial charge in [-0.3, -0.25) is 4.90 Å². The molecule has 1 aromatic rings. The Kier molecular flexibility index (Phi) is 3.79. The van der Waals surface area contributed by atoms with Crippen molar-refractivity contribution in [3.63, 3.8) is 0 Å². The maximum atomic E-state index is 5.78. The third-order valence-corrected chi connectivity index (χ3v) is 4.71. The summed E-state index contributed by atoms with van der Waals surface area (Å²) in [6.45, 7) is 8.46. The lowest BCUT2D eigenvalue weighted by molar-refractivity contribution is 0.231. The second-order valence-corrected chi connectivity index (χ2v) is 6.48. The molecule has 0 bridgehead atoms. The summed E-state index contributed by atoms with van der Waals surface area (Å²) in [7, 11) is 0. The van der Waals surface area contributed by atoms with E-state index in [-0.39, 0.29) is 5.60 Å². The summed E-state index contributed by atoms with van der Waals surface area (Å²) in [6, 6.07) is 8.43. The fourth-order valence-corrected chi connectivity index (χ4v) is 3.15. The van der Waals surface area contributed by atoms with Crippen LogP contribution in [0.15, 0.2) is 40.9 Å². The highest BCUT2D eigenvalue weighted by atomic mass is 79.9. The lowest BCUT2D eigenvalue weighted by Gasteiger charge is -2.29. The first-order valence-electron chi connectivity index (χ1n) is 7.01. The van der Waals surface area contributed by atoms with E-state index in [1.165, 1.54) is 43.5 Å². The number of hydrogen-bond acceptors (Lipinski definition) is 2. The first-order chi connectivity index (χ1) is 9.21. The molecule has 0 aromatic heterocycles. The molecule has 2 aliphatic heterocycles. The second-order valence-electron chi connectivity index (χ2n) is 5.56. The van der Waals surface area contributed by atoms with Crippen molar-refractivity contribution >= 4 is 15.9 Å². The van der Waals surface area contributed by atoms with Gasteiger partial charge in [0, 0.05) is 11.0 Å². The number of nitrogens with zero attached hydrogens (tertiary/aromatic N) is 1. The summed E-state index contributed by atoms with van der Waals surface area (Å²) in [5, 5.41) is 0. The van der Waals surface area contributed by atoms with Crippen molar-refractivity contribution < 1.29 is 4.74 Å². The van der Waals surface area contributed by atoms with Crippen LogP contribution >= 0.6 is 15.9 Å². The molecule has 0 spiro atoms. The molecule has 102 valence electrons. The molecule has 3 heteroatoms. The Bertz CT molecular complexity index is 458. The summed E-state index contributed by atoms with van der Waals surface area (Å²) in [6.07, 6.45) is 4.01. The molecule has 0 saturated carbocycles. The smallest absolute Gasteiger partial charge is 0.139 e. The highest BCUT2D eigenvalue weighted by molar-refractivity contribution is 9.10. The molecule has 2 nitrogen and oxygen atoms in total. The van der Waals surface area contributed by atoms with Gasteiger partial charge >= 0.3 is 0 Å². The molecule has 19 heavy (non-hydrogen) atoms. The zero-order valence-electron chi connectivity index (χ0n) is 11.2. The van der Waals surface area contributed by atoms with Gasteiger partial charge in [0.2, 0.25) is 0 Å². The molecule has 3 rings (SSSR count). The molecule has 2 saturated heterocycles. The maximum absolute atomic E-state index is 5.78. The van der Waals surface area contributed by atoms with Gasteiger partial charge in [0.1, 0.15) is 5.60 Å². The number of hydrogen-bond donors (Lipinski definition) is 0. The predicted octanol–water partition coefficient (Wildman–Crippen LogP) is 3.72. The van der Waals surface area contributed by atoms with Crippen LogP contribution in [0, 0.1) is 0 Å². The van der Waals surface area contributed by atoms with Crippen molar-refractivity contribution in [2.45, 2.75) is 24.9 Å². The van der Waals surface area contributed by atoms with Gasteiger partial charge in [-0.2, -0.15) is 0 Å². The number of rotatable bonds is 4. The van der Waals surface area contributed by atoms with Crippen LogP contribution in [0.3, 0.4) is 0 Å². The Morgan fingerprint density at radius 2 is 1.84 bits per heavy atom. The molecule has 2 heterocycles. The fourth-order valence-electron chi connectivity index (χ4n) is 2.88. The van der Waals surface area contributed by atoms with Crippen LogP contribution < -0.4 is 0 Å². The van der Waals surface area contributed by atoms with Gasteiger partial charge in [0.05, 0.1) is 6.61 Å². The van der Waals surface area contributed by atoms with Gasteiger partial charge in [-0.1, -0.05) is 41.1 Å². The minimum absolute atomic E-state index is 0.210. The Balaban J connectivity index is 1.70. The lowest BCUT2D eigenvalue weighted by atomic mass is 9.92. The number of halogens is 1. The minimum atomic E-state index is -0.210. The standard InChI is InChI=1S/C16H20BrNO/c1-13(11-18-9-3-2-4-10-18)16(12-19-16)14-5-7-15(17)8-6-14/h5-8H,1-4,9-12H2. The normalized spacial score (nSPS) is 27.2. The van der Waals surface area contributed by atoms with Crippen molar-refractivity contribution in [3.8, 4) is 0 Å². The van der Waals surface area contributed by atoms with Crippen LogP contribution in [0.5, 0.6) is 0 Å². The van der Waals surface area contributed by atoms with Crippen molar-refractivity contribution in [2.24, 2.45) is 0 Å². The summed E-state index contributed by atoms with van der Waals surface area (Å²) in [5.74, 6) is 0. The van der Waals surface area contributed by atoms with Gasteiger partial charge in [-0.15, -0.1) is 0 Å². The Morgan fingerprint density at radius 1 is 1.21 bits per heavy atom. The number of ether oxygens (including phenoxy) is 1. The first-order valence-corrected chi connectivity index (χ1v) is 7.81. The van der Waals surface area contributed by atoms with Gasteiger partial charge in [0.25, 0.3) is 0 Å². The number of epoxide rings is 1. The van der Waals surface area contributed by atoms with E-state index < -0.39 is 0 Å². The van der Waals surface area contributed by atoms with Crippen LogP contribution in [0.25, 0.3) is 0 Å². The number of likely N-dealkylation sites (tertiary alicyclic amines) is 1. The number of piperidine rings is 1. The molecule has 1 aromatic carbocycles. The molecule has 0 aliphatic carbocycles. The van der Waals surface area contributed by atoms with E-state index in [1.54, 1.807) is 0 Å².